The minimum atomic E-state index is -0.653. The van der Waals surface area contributed by atoms with Crippen molar-refractivity contribution >= 4 is 5.97 Å². The van der Waals surface area contributed by atoms with Crippen LogP contribution in [-0.4, -0.2) is 37.9 Å². The molecule has 4 heteroatoms. The number of rotatable bonds is 7. The number of carbonyl (C=O) groups excluding carboxylic acids is 1. The Labute approximate surface area is 92.3 Å². The molecule has 0 saturated heterocycles. The van der Waals surface area contributed by atoms with Crippen LogP contribution in [0.3, 0.4) is 0 Å². The zero-order chi connectivity index (χ0) is 11.9. The molecular weight excluding hydrogens is 194 g/mol. The van der Waals surface area contributed by atoms with Gasteiger partial charge in [0.1, 0.15) is 5.54 Å². The van der Waals surface area contributed by atoms with Crippen molar-refractivity contribution in [1.82, 2.24) is 5.32 Å². The lowest BCUT2D eigenvalue weighted by molar-refractivity contribution is -0.151. The fraction of sp³-hybridized carbons (Fsp3) is 0.909. The zero-order valence-corrected chi connectivity index (χ0v) is 10.4. The van der Waals surface area contributed by atoms with E-state index in [-0.39, 0.29) is 12.0 Å². The van der Waals surface area contributed by atoms with E-state index in [1.54, 1.807) is 7.11 Å². The lowest BCUT2D eigenvalue weighted by Crippen LogP contribution is -2.53. The van der Waals surface area contributed by atoms with Crippen molar-refractivity contribution in [2.75, 3.05) is 20.3 Å². The second-order valence-corrected chi connectivity index (χ2v) is 4.09. The van der Waals surface area contributed by atoms with Crippen molar-refractivity contribution in [1.29, 1.82) is 0 Å². The molecule has 0 rings (SSSR count). The fourth-order valence-corrected chi connectivity index (χ4v) is 1.47. The highest BCUT2D eigenvalue weighted by Gasteiger charge is 2.34. The van der Waals surface area contributed by atoms with Gasteiger partial charge in [0.15, 0.2) is 0 Å². The number of hydrogen-bond donors (Lipinski definition) is 1. The predicted molar refractivity (Wildman–Crippen MR) is 59.8 cm³/mol. The summed E-state index contributed by atoms with van der Waals surface area (Å²) in [6.45, 7) is 8.61. The molecule has 15 heavy (non-hydrogen) atoms. The number of nitrogens with one attached hydrogen (secondary N) is 1. The first kappa shape index (κ1) is 14.4. The van der Waals surface area contributed by atoms with Crippen molar-refractivity contribution in [3.8, 4) is 0 Å². The Kier molecular flexibility index (Phi) is 6.52. The summed E-state index contributed by atoms with van der Waals surface area (Å²) in [6, 6.07) is 0.233. The van der Waals surface area contributed by atoms with Gasteiger partial charge >= 0.3 is 5.97 Å². The Balaban J connectivity index is 4.45. The molecule has 0 saturated carbocycles. The van der Waals surface area contributed by atoms with E-state index >= 15 is 0 Å². The normalized spacial score (nSPS) is 15.1. The third-order valence-electron chi connectivity index (χ3n) is 2.14. The molecule has 0 aromatic rings. The van der Waals surface area contributed by atoms with Crippen LogP contribution in [0.1, 0.15) is 34.1 Å². The van der Waals surface area contributed by atoms with E-state index < -0.39 is 5.54 Å². The van der Waals surface area contributed by atoms with Gasteiger partial charge in [-0.2, -0.15) is 0 Å². The minimum absolute atomic E-state index is 0.212. The largest absolute Gasteiger partial charge is 0.465 e. The molecule has 1 N–H and O–H groups in total. The van der Waals surface area contributed by atoms with E-state index in [0.717, 1.165) is 0 Å². The maximum absolute atomic E-state index is 11.8. The average Bonchev–Trinajstić information content (AvgIpc) is 2.14. The van der Waals surface area contributed by atoms with Crippen LogP contribution in [0.2, 0.25) is 0 Å². The van der Waals surface area contributed by atoms with E-state index in [1.807, 2.05) is 27.7 Å². The second-order valence-electron chi connectivity index (χ2n) is 4.09. The van der Waals surface area contributed by atoms with E-state index in [9.17, 15) is 4.79 Å². The number of methoxy groups -OCH3 is 1. The van der Waals surface area contributed by atoms with Crippen LogP contribution in [0, 0.1) is 0 Å². The third-order valence-corrected chi connectivity index (χ3v) is 2.14. The Morgan fingerprint density at radius 2 is 2.07 bits per heavy atom. The summed E-state index contributed by atoms with van der Waals surface area (Å²) in [5.74, 6) is -0.212. The van der Waals surface area contributed by atoms with Crippen LogP contribution >= 0.6 is 0 Å². The molecule has 0 spiro atoms. The van der Waals surface area contributed by atoms with E-state index in [4.69, 9.17) is 9.47 Å². The van der Waals surface area contributed by atoms with Gasteiger partial charge in [0.2, 0.25) is 0 Å². The monoisotopic (exact) mass is 217 g/mol. The van der Waals surface area contributed by atoms with Crippen molar-refractivity contribution in [2.24, 2.45) is 0 Å². The predicted octanol–water partition coefficient (Wildman–Crippen LogP) is 1.34. The quantitative estimate of drug-likeness (QED) is 0.654. The SMILES string of the molecule is CCOC(=O)C(C)(CCOC)NC(C)C. The smallest absolute Gasteiger partial charge is 0.326 e. The van der Waals surface area contributed by atoms with Gasteiger partial charge in [-0.05, 0) is 34.1 Å². The number of ether oxygens (including phenoxy) is 2. The van der Waals surface area contributed by atoms with Gasteiger partial charge in [-0.25, -0.2) is 0 Å². The summed E-state index contributed by atoms with van der Waals surface area (Å²) in [6.07, 6.45) is 0.612. The lowest BCUT2D eigenvalue weighted by Gasteiger charge is -2.30. The summed E-state index contributed by atoms with van der Waals surface area (Å²) in [7, 11) is 1.63. The second kappa shape index (κ2) is 6.80. The maximum Gasteiger partial charge on any atom is 0.326 e. The Morgan fingerprint density at radius 3 is 2.47 bits per heavy atom. The van der Waals surface area contributed by atoms with E-state index in [0.29, 0.717) is 19.6 Å². The average molecular weight is 217 g/mol. The van der Waals surface area contributed by atoms with Crippen LogP contribution in [0.25, 0.3) is 0 Å². The molecule has 0 bridgehead atoms. The van der Waals surface area contributed by atoms with Crippen LogP contribution in [0.4, 0.5) is 0 Å². The molecule has 4 nitrogen and oxygen atoms in total. The Morgan fingerprint density at radius 1 is 1.47 bits per heavy atom. The molecule has 0 fully saturated rings. The van der Waals surface area contributed by atoms with Gasteiger partial charge in [0, 0.05) is 19.8 Å². The summed E-state index contributed by atoms with van der Waals surface area (Å²) in [5.41, 5.74) is -0.653. The summed E-state index contributed by atoms with van der Waals surface area (Å²) in [5, 5.41) is 3.22. The molecule has 1 atom stereocenters. The molecule has 0 aliphatic carbocycles. The summed E-state index contributed by atoms with van der Waals surface area (Å²) in [4.78, 5) is 11.8. The van der Waals surface area contributed by atoms with E-state index in [1.165, 1.54) is 0 Å². The number of esters is 1. The molecule has 0 aromatic carbocycles. The molecule has 90 valence electrons. The lowest BCUT2D eigenvalue weighted by atomic mass is 9.97. The Hall–Kier alpha value is -0.610. The van der Waals surface area contributed by atoms with Crippen LogP contribution in [0.15, 0.2) is 0 Å². The third kappa shape index (κ3) is 5.14. The van der Waals surface area contributed by atoms with Crippen LogP contribution in [-0.2, 0) is 14.3 Å². The summed E-state index contributed by atoms with van der Waals surface area (Å²) >= 11 is 0. The highest BCUT2D eigenvalue weighted by molar-refractivity contribution is 5.80. The van der Waals surface area contributed by atoms with Gasteiger partial charge in [0.25, 0.3) is 0 Å². The van der Waals surface area contributed by atoms with Gasteiger partial charge in [-0.15, -0.1) is 0 Å². The maximum atomic E-state index is 11.8. The van der Waals surface area contributed by atoms with Gasteiger partial charge in [-0.3, -0.25) is 10.1 Å². The molecule has 0 heterocycles. The van der Waals surface area contributed by atoms with Crippen molar-refractivity contribution < 1.29 is 14.3 Å². The highest BCUT2D eigenvalue weighted by atomic mass is 16.5. The minimum Gasteiger partial charge on any atom is -0.465 e. The standard InChI is InChI=1S/C11H23NO3/c1-6-15-10(13)11(4,7-8-14-5)12-9(2)3/h9,12H,6-8H2,1-5H3. The summed E-state index contributed by atoms with van der Waals surface area (Å²) < 4.78 is 10.0. The molecule has 0 amide bonds. The van der Waals surface area contributed by atoms with Gasteiger partial charge in [-0.1, -0.05) is 0 Å². The van der Waals surface area contributed by atoms with Crippen molar-refractivity contribution in [3.63, 3.8) is 0 Å². The zero-order valence-electron chi connectivity index (χ0n) is 10.4. The molecule has 0 aliphatic rings. The first-order chi connectivity index (χ1) is 6.96. The number of carbonyl (C=O) groups is 1. The van der Waals surface area contributed by atoms with Crippen molar-refractivity contribution in [2.45, 2.75) is 45.7 Å². The Bertz CT molecular complexity index is 194. The fourth-order valence-electron chi connectivity index (χ4n) is 1.47. The highest BCUT2D eigenvalue weighted by Crippen LogP contribution is 2.13. The topological polar surface area (TPSA) is 47.6 Å². The van der Waals surface area contributed by atoms with Gasteiger partial charge in [0.05, 0.1) is 6.61 Å². The van der Waals surface area contributed by atoms with Gasteiger partial charge < -0.3 is 9.47 Å². The molecule has 0 aliphatic heterocycles. The first-order valence-corrected chi connectivity index (χ1v) is 5.40. The van der Waals surface area contributed by atoms with E-state index in [2.05, 4.69) is 5.32 Å². The molecule has 1 unspecified atom stereocenters. The van der Waals surface area contributed by atoms with Crippen LogP contribution in [0.5, 0.6) is 0 Å². The first-order valence-electron chi connectivity index (χ1n) is 5.40. The van der Waals surface area contributed by atoms with Crippen LogP contribution < -0.4 is 5.32 Å². The number of hydrogen-bond acceptors (Lipinski definition) is 4. The molecule has 0 aromatic heterocycles. The molecular formula is C11H23NO3. The van der Waals surface area contributed by atoms with Crippen molar-refractivity contribution in [3.05, 3.63) is 0 Å². The molecule has 0 radical (unpaired) electrons.